The third-order valence-corrected chi connectivity index (χ3v) is 2.65. The Hall–Kier alpha value is -1.63. The van der Waals surface area contributed by atoms with Crippen LogP contribution in [0.4, 0.5) is 5.69 Å². The standard InChI is InChI=1S/C12H14ClNO5/c13-6-10(16)14-8-3-1-7(2-4-8)12(19)9(15)5-11(17)18/h1-4,9,12,15,19H,5-6H2,(H,14,16)(H,17,18). The third kappa shape index (κ3) is 4.86. The van der Waals surface area contributed by atoms with Gasteiger partial charge in [-0.25, -0.2) is 0 Å². The number of nitrogens with one attached hydrogen (secondary N) is 1. The van der Waals surface area contributed by atoms with Crippen LogP contribution in [0.1, 0.15) is 18.1 Å². The van der Waals surface area contributed by atoms with Crippen LogP contribution in [-0.4, -0.2) is 39.2 Å². The number of carbonyl (C=O) groups is 2. The maximum atomic E-state index is 11.0. The third-order valence-electron chi connectivity index (χ3n) is 2.41. The summed E-state index contributed by atoms with van der Waals surface area (Å²) in [6.07, 6.45) is -3.24. The molecular weight excluding hydrogens is 274 g/mol. The van der Waals surface area contributed by atoms with Gasteiger partial charge < -0.3 is 20.6 Å². The van der Waals surface area contributed by atoms with Crippen LogP contribution in [0.2, 0.25) is 0 Å². The molecule has 0 aliphatic carbocycles. The lowest BCUT2D eigenvalue weighted by Gasteiger charge is -2.16. The van der Waals surface area contributed by atoms with E-state index < -0.39 is 24.6 Å². The molecule has 0 spiro atoms. The lowest BCUT2D eigenvalue weighted by atomic mass is 10.0. The average Bonchev–Trinajstić information content (AvgIpc) is 2.37. The molecule has 0 aliphatic heterocycles. The smallest absolute Gasteiger partial charge is 0.306 e. The molecule has 0 aromatic heterocycles. The monoisotopic (exact) mass is 287 g/mol. The number of hydrogen-bond donors (Lipinski definition) is 4. The molecule has 0 heterocycles. The molecule has 4 N–H and O–H groups in total. The van der Waals surface area contributed by atoms with E-state index in [0.29, 0.717) is 11.3 Å². The van der Waals surface area contributed by atoms with Gasteiger partial charge in [-0.15, -0.1) is 11.6 Å². The molecule has 0 fully saturated rings. The number of alkyl halides is 1. The number of carboxylic acids is 1. The number of carboxylic acid groups (broad SMARTS) is 1. The molecule has 104 valence electrons. The maximum Gasteiger partial charge on any atom is 0.306 e. The second-order valence-corrected chi connectivity index (χ2v) is 4.18. The Morgan fingerprint density at radius 2 is 1.79 bits per heavy atom. The highest BCUT2D eigenvalue weighted by Crippen LogP contribution is 2.21. The Morgan fingerprint density at radius 1 is 1.21 bits per heavy atom. The molecule has 0 saturated carbocycles. The Kier molecular flexibility index (Phi) is 5.75. The largest absolute Gasteiger partial charge is 0.481 e. The van der Waals surface area contributed by atoms with Crippen LogP contribution in [0.5, 0.6) is 0 Å². The molecule has 2 unspecified atom stereocenters. The topological polar surface area (TPSA) is 107 Å². The fourth-order valence-corrected chi connectivity index (χ4v) is 1.54. The van der Waals surface area contributed by atoms with Crippen molar-refractivity contribution in [3.05, 3.63) is 29.8 Å². The number of amides is 1. The van der Waals surface area contributed by atoms with Gasteiger partial charge in [0.15, 0.2) is 0 Å². The molecule has 1 rings (SSSR count). The maximum absolute atomic E-state index is 11.0. The number of aliphatic carboxylic acids is 1. The summed E-state index contributed by atoms with van der Waals surface area (Å²) in [5.74, 6) is -1.72. The molecule has 6 nitrogen and oxygen atoms in total. The van der Waals surface area contributed by atoms with Gasteiger partial charge in [0.05, 0.1) is 12.5 Å². The van der Waals surface area contributed by atoms with Gasteiger partial charge in [-0.05, 0) is 17.7 Å². The Bertz CT molecular complexity index is 448. The van der Waals surface area contributed by atoms with Gasteiger partial charge in [-0.1, -0.05) is 12.1 Å². The minimum Gasteiger partial charge on any atom is -0.481 e. The van der Waals surface area contributed by atoms with E-state index in [9.17, 15) is 19.8 Å². The zero-order valence-electron chi connectivity index (χ0n) is 9.91. The lowest BCUT2D eigenvalue weighted by molar-refractivity contribution is -0.141. The number of benzene rings is 1. The van der Waals surface area contributed by atoms with Crippen LogP contribution in [0, 0.1) is 0 Å². The number of anilines is 1. The summed E-state index contributed by atoms with van der Waals surface area (Å²) in [6.45, 7) is 0. The SMILES string of the molecule is O=C(O)CC(O)C(O)c1ccc(NC(=O)CCl)cc1. The van der Waals surface area contributed by atoms with Gasteiger partial charge in [-0.2, -0.15) is 0 Å². The number of aliphatic hydroxyl groups is 2. The van der Waals surface area contributed by atoms with E-state index in [-0.39, 0.29) is 11.8 Å². The molecule has 19 heavy (non-hydrogen) atoms. The highest BCUT2D eigenvalue weighted by Gasteiger charge is 2.20. The van der Waals surface area contributed by atoms with Crippen LogP contribution < -0.4 is 5.32 Å². The molecule has 0 aliphatic rings. The molecule has 0 radical (unpaired) electrons. The fraction of sp³-hybridized carbons (Fsp3) is 0.333. The summed E-state index contributed by atoms with van der Waals surface area (Å²) in [6, 6.07) is 6.02. The van der Waals surface area contributed by atoms with E-state index in [4.69, 9.17) is 16.7 Å². The first-order valence-electron chi connectivity index (χ1n) is 5.47. The Balaban J connectivity index is 2.69. The van der Waals surface area contributed by atoms with Gasteiger partial charge in [0.25, 0.3) is 0 Å². The van der Waals surface area contributed by atoms with Crippen molar-refractivity contribution in [3.63, 3.8) is 0 Å². The summed E-state index contributed by atoms with van der Waals surface area (Å²) < 4.78 is 0. The van der Waals surface area contributed by atoms with Crippen LogP contribution in [-0.2, 0) is 9.59 Å². The molecule has 1 amide bonds. The average molecular weight is 288 g/mol. The summed E-state index contributed by atoms with van der Waals surface area (Å²) in [5, 5.41) is 30.2. The number of halogens is 1. The van der Waals surface area contributed by atoms with Crippen molar-refractivity contribution in [1.82, 2.24) is 0 Å². The molecule has 1 aromatic carbocycles. The lowest BCUT2D eigenvalue weighted by Crippen LogP contribution is -2.21. The summed E-state index contributed by atoms with van der Waals surface area (Å²) in [7, 11) is 0. The van der Waals surface area contributed by atoms with Gasteiger partial charge in [0, 0.05) is 5.69 Å². The van der Waals surface area contributed by atoms with E-state index >= 15 is 0 Å². The van der Waals surface area contributed by atoms with Crippen LogP contribution in [0.3, 0.4) is 0 Å². The van der Waals surface area contributed by atoms with E-state index in [1.54, 1.807) is 0 Å². The minimum absolute atomic E-state index is 0.165. The molecule has 2 atom stereocenters. The van der Waals surface area contributed by atoms with Crippen molar-refractivity contribution >= 4 is 29.2 Å². The Morgan fingerprint density at radius 3 is 2.26 bits per heavy atom. The van der Waals surface area contributed by atoms with Gasteiger partial charge >= 0.3 is 5.97 Å². The zero-order chi connectivity index (χ0) is 14.4. The Labute approximate surface area is 114 Å². The van der Waals surface area contributed by atoms with E-state index in [0.717, 1.165) is 0 Å². The van der Waals surface area contributed by atoms with Crippen molar-refractivity contribution < 1.29 is 24.9 Å². The number of carbonyl (C=O) groups excluding carboxylic acids is 1. The molecule has 7 heteroatoms. The number of aliphatic hydroxyl groups excluding tert-OH is 2. The summed E-state index contributed by atoms with van der Waals surface area (Å²) in [5.41, 5.74) is 0.854. The second kappa shape index (κ2) is 7.08. The molecule has 0 saturated heterocycles. The molecule has 1 aromatic rings. The highest BCUT2D eigenvalue weighted by molar-refractivity contribution is 6.29. The first-order valence-corrected chi connectivity index (χ1v) is 6.01. The van der Waals surface area contributed by atoms with E-state index in [2.05, 4.69) is 5.32 Å². The predicted molar refractivity (Wildman–Crippen MR) is 69.0 cm³/mol. The fourth-order valence-electron chi connectivity index (χ4n) is 1.47. The zero-order valence-corrected chi connectivity index (χ0v) is 10.7. The van der Waals surface area contributed by atoms with E-state index in [1.165, 1.54) is 24.3 Å². The van der Waals surface area contributed by atoms with Crippen LogP contribution in [0.15, 0.2) is 24.3 Å². The van der Waals surface area contributed by atoms with Gasteiger partial charge in [-0.3, -0.25) is 9.59 Å². The second-order valence-electron chi connectivity index (χ2n) is 3.91. The predicted octanol–water partition coefficient (Wildman–Crippen LogP) is 0.733. The first kappa shape index (κ1) is 15.4. The minimum atomic E-state index is -1.39. The summed E-state index contributed by atoms with van der Waals surface area (Å²) >= 11 is 5.33. The van der Waals surface area contributed by atoms with Crippen molar-refractivity contribution in [2.45, 2.75) is 18.6 Å². The van der Waals surface area contributed by atoms with Gasteiger partial charge in [0.2, 0.25) is 5.91 Å². The van der Waals surface area contributed by atoms with Crippen molar-refractivity contribution in [1.29, 1.82) is 0 Å². The van der Waals surface area contributed by atoms with Crippen LogP contribution >= 0.6 is 11.6 Å². The normalized spacial score (nSPS) is 13.6. The van der Waals surface area contributed by atoms with Crippen LogP contribution in [0.25, 0.3) is 0 Å². The summed E-state index contributed by atoms with van der Waals surface area (Å²) in [4.78, 5) is 21.5. The molecular formula is C12H14ClNO5. The highest BCUT2D eigenvalue weighted by atomic mass is 35.5. The van der Waals surface area contributed by atoms with Crippen molar-refractivity contribution in [2.75, 3.05) is 11.2 Å². The van der Waals surface area contributed by atoms with Crippen molar-refractivity contribution in [3.8, 4) is 0 Å². The van der Waals surface area contributed by atoms with Gasteiger partial charge in [0.1, 0.15) is 12.0 Å². The number of rotatable bonds is 6. The van der Waals surface area contributed by atoms with E-state index in [1.807, 2.05) is 0 Å². The number of hydrogen-bond acceptors (Lipinski definition) is 4. The molecule has 0 bridgehead atoms. The van der Waals surface area contributed by atoms with Crippen molar-refractivity contribution in [2.24, 2.45) is 0 Å². The first-order chi connectivity index (χ1) is 8.93. The quantitative estimate of drug-likeness (QED) is 0.577.